The lowest BCUT2D eigenvalue weighted by Crippen LogP contribution is -2.40. The van der Waals surface area contributed by atoms with Gasteiger partial charge in [-0.1, -0.05) is 48.5 Å². The molecule has 6 nitrogen and oxygen atoms in total. The van der Waals surface area contributed by atoms with Crippen LogP contribution in [0.2, 0.25) is 0 Å². The summed E-state index contributed by atoms with van der Waals surface area (Å²) in [7, 11) is 3.30. The molecule has 0 radical (unpaired) electrons. The van der Waals surface area contributed by atoms with Crippen molar-refractivity contribution < 1.29 is 23.7 Å². The number of hydrogen-bond donors (Lipinski definition) is 1. The Bertz CT molecular complexity index is 1360. The molecular formula is C34H40ClNO5. The molecule has 0 aliphatic carbocycles. The fourth-order valence-corrected chi connectivity index (χ4v) is 5.23. The van der Waals surface area contributed by atoms with Crippen LogP contribution in [0, 0.1) is 0 Å². The van der Waals surface area contributed by atoms with E-state index in [9.17, 15) is 0 Å². The van der Waals surface area contributed by atoms with Gasteiger partial charge in [0.05, 0.1) is 46.8 Å². The van der Waals surface area contributed by atoms with E-state index in [1.807, 2.05) is 18.2 Å². The van der Waals surface area contributed by atoms with E-state index in [2.05, 4.69) is 72.0 Å². The van der Waals surface area contributed by atoms with Crippen molar-refractivity contribution in [3.05, 3.63) is 102 Å². The fraction of sp³-hybridized carbons (Fsp3) is 0.353. The summed E-state index contributed by atoms with van der Waals surface area (Å²) in [5, 5.41) is 6.01. The van der Waals surface area contributed by atoms with Gasteiger partial charge in [-0.15, -0.1) is 12.4 Å². The molecule has 0 spiro atoms. The molecule has 7 heteroatoms. The molecule has 1 N–H and O–H groups in total. The molecule has 4 aromatic carbocycles. The second-order valence-electron chi connectivity index (χ2n) is 10.1. The second kappa shape index (κ2) is 15.6. The first-order chi connectivity index (χ1) is 19.7. The molecule has 1 aliphatic rings. The zero-order chi connectivity index (χ0) is 27.6. The average molecular weight is 578 g/mol. The van der Waals surface area contributed by atoms with Crippen molar-refractivity contribution in [2.75, 3.05) is 40.5 Å². The van der Waals surface area contributed by atoms with E-state index in [1.165, 1.54) is 21.9 Å². The molecule has 2 atom stereocenters. The SMILES string of the molecule is COc1ccc(COCCCOc2ccc(C3CCNCC3OCc3ccc4ccccc4c3)cc2)c(OC)c1.Cl. The summed E-state index contributed by atoms with van der Waals surface area (Å²) in [6, 6.07) is 29.3. The molecule has 0 aromatic heterocycles. The maximum absolute atomic E-state index is 6.45. The maximum Gasteiger partial charge on any atom is 0.128 e. The third-order valence-corrected chi connectivity index (χ3v) is 7.47. The van der Waals surface area contributed by atoms with Gasteiger partial charge in [0, 0.05) is 30.5 Å². The van der Waals surface area contributed by atoms with E-state index >= 15 is 0 Å². The molecular weight excluding hydrogens is 538 g/mol. The summed E-state index contributed by atoms with van der Waals surface area (Å²) in [6.45, 7) is 4.17. The van der Waals surface area contributed by atoms with E-state index in [0.29, 0.717) is 32.3 Å². The molecule has 5 rings (SSSR count). The highest BCUT2D eigenvalue weighted by atomic mass is 35.5. The number of benzene rings is 4. The third-order valence-electron chi connectivity index (χ3n) is 7.47. The van der Waals surface area contributed by atoms with Crippen molar-refractivity contribution in [3.63, 3.8) is 0 Å². The highest BCUT2D eigenvalue weighted by Crippen LogP contribution is 2.30. The normalized spacial score (nSPS) is 16.6. The Morgan fingerprint density at radius 2 is 1.59 bits per heavy atom. The highest BCUT2D eigenvalue weighted by molar-refractivity contribution is 5.85. The number of piperidine rings is 1. The minimum atomic E-state index is 0. The van der Waals surface area contributed by atoms with E-state index in [4.69, 9.17) is 23.7 Å². The lowest BCUT2D eigenvalue weighted by atomic mass is 9.87. The van der Waals surface area contributed by atoms with Crippen LogP contribution in [-0.2, 0) is 22.7 Å². The van der Waals surface area contributed by atoms with Gasteiger partial charge in [0.2, 0.25) is 0 Å². The van der Waals surface area contributed by atoms with Gasteiger partial charge in [-0.2, -0.15) is 0 Å². The number of nitrogens with one attached hydrogen (secondary N) is 1. The standard InChI is InChI=1S/C34H39NO5.ClH/c1-36-31-15-12-29(33(21-31)37-2)24-38-18-5-19-39-30-13-10-27(11-14-30)32-16-17-35-22-34(32)40-23-25-8-9-26-6-3-4-7-28(26)20-25;/h3-4,6-15,20-21,32,34-35H,5,16-19,22-24H2,1-2H3;1H. The Morgan fingerprint density at radius 3 is 2.39 bits per heavy atom. The van der Waals surface area contributed by atoms with E-state index in [1.54, 1.807) is 14.2 Å². The Labute approximate surface area is 249 Å². The predicted octanol–water partition coefficient (Wildman–Crippen LogP) is 6.93. The summed E-state index contributed by atoms with van der Waals surface area (Å²) in [6.07, 6.45) is 1.99. The van der Waals surface area contributed by atoms with Crippen LogP contribution in [-0.4, -0.2) is 46.6 Å². The number of halogens is 1. The molecule has 218 valence electrons. The van der Waals surface area contributed by atoms with E-state index < -0.39 is 0 Å². The predicted molar refractivity (Wildman–Crippen MR) is 166 cm³/mol. The number of hydrogen-bond acceptors (Lipinski definition) is 6. The molecule has 0 saturated carbocycles. The van der Waals surface area contributed by atoms with Gasteiger partial charge in [-0.05, 0) is 65.2 Å². The molecule has 4 aromatic rings. The Morgan fingerprint density at radius 1 is 0.780 bits per heavy atom. The zero-order valence-corrected chi connectivity index (χ0v) is 24.7. The fourth-order valence-electron chi connectivity index (χ4n) is 5.23. The Kier molecular flexibility index (Phi) is 11.7. The maximum atomic E-state index is 6.45. The van der Waals surface area contributed by atoms with Crippen molar-refractivity contribution in [1.29, 1.82) is 0 Å². The van der Waals surface area contributed by atoms with Gasteiger partial charge in [-0.3, -0.25) is 0 Å². The van der Waals surface area contributed by atoms with Gasteiger partial charge in [0.25, 0.3) is 0 Å². The molecule has 1 fully saturated rings. The molecule has 1 aliphatic heterocycles. The van der Waals surface area contributed by atoms with Crippen LogP contribution in [0.4, 0.5) is 0 Å². The first-order valence-electron chi connectivity index (χ1n) is 14.0. The lowest BCUT2D eigenvalue weighted by molar-refractivity contribution is 0.0106. The van der Waals surface area contributed by atoms with Crippen LogP contribution in [0.3, 0.4) is 0 Å². The summed E-state index contributed by atoms with van der Waals surface area (Å²) >= 11 is 0. The molecule has 1 heterocycles. The van der Waals surface area contributed by atoms with Crippen LogP contribution < -0.4 is 19.5 Å². The van der Waals surface area contributed by atoms with Gasteiger partial charge >= 0.3 is 0 Å². The largest absolute Gasteiger partial charge is 0.497 e. The second-order valence-corrected chi connectivity index (χ2v) is 10.1. The van der Waals surface area contributed by atoms with Crippen LogP contribution in [0.1, 0.15) is 35.4 Å². The van der Waals surface area contributed by atoms with E-state index in [0.717, 1.165) is 48.7 Å². The average Bonchev–Trinajstić information content (AvgIpc) is 3.02. The highest BCUT2D eigenvalue weighted by Gasteiger charge is 2.27. The number of fused-ring (bicyclic) bond motifs is 1. The van der Waals surface area contributed by atoms with Gasteiger partial charge < -0.3 is 29.0 Å². The summed E-state index contributed by atoms with van der Waals surface area (Å²) in [5.41, 5.74) is 3.50. The van der Waals surface area contributed by atoms with Crippen molar-refractivity contribution in [3.8, 4) is 17.2 Å². The first-order valence-corrected chi connectivity index (χ1v) is 14.0. The monoisotopic (exact) mass is 577 g/mol. The summed E-state index contributed by atoms with van der Waals surface area (Å²) < 4.78 is 29.0. The van der Waals surface area contributed by atoms with Crippen molar-refractivity contribution in [1.82, 2.24) is 5.32 Å². The zero-order valence-electron chi connectivity index (χ0n) is 23.8. The Balaban J connectivity index is 0.00000387. The van der Waals surface area contributed by atoms with Gasteiger partial charge in [-0.25, -0.2) is 0 Å². The number of methoxy groups -OCH3 is 2. The lowest BCUT2D eigenvalue weighted by Gasteiger charge is -2.32. The van der Waals surface area contributed by atoms with Gasteiger partial charge in [0.15, 0.2) is 0 Å². The minimum absolute atomic E-state index is 0. The molecule has 1 saturated heterocycles. The topological polar surface area (TPSA) is 58.2 Å². The molecule has 0 bridgehead atoms. The van der Waals surface area contributed by atoms with Crippen molar-refractivity contribution in [2.24, 2.45) is 0 Å². The van der Waals surface area contributed by atoms with Crippen LogP contribution in [0.15, 0.2) is 84.9 Å². The summed E-state index contributed by atoms with van der Waals surface area (Å²) in [5.74, 6) is 2.78. The quantitative estimate of drug-likeness (QED) is 0.174. The van der Waals surface area contributed by atoms with Crippen LogP contribution in [0.25, 0.3) is 10.8 Å². The van der Waals surface area contributed by atoms with Crippen molar-refractivity contribution >= 4 is 23.2 Å². The molecule has 41 heavy (non-hydrogen) atoms. The smallest absolute Gasteiger partial charge is 0.128 e. The molecule has 2 unspecified atom stereocenters. The number of ether oxygens (including phenoxy) is 5. The first kappa shape index (κ1) is 30.7. The third kappa shape index (κ3) is 8.37. The van der Waals surface area contributed by atoms with Crippen LogP contribution in [0.5, 0.6) is 17.2 Å². The molecule has 0 amide bonds. The van der Waals surface area contributed by atoms with Crippen LogP contribution >= 0.6 is 12.4 Å². The van der Waals surface area contributed by atoms with Gasteiger partial charge in [0.1, 0.15) is 17.2 Å². The summed E-state index contributed by atoms with van der Waals surface area (Å²) in [4.78, 5) is 0. The number of rotatable bonds is 13. The van der Waals surface area contributed by atoms with E-state index in [-0.39, 0.29) is 18.5 Å². The minimum Gasteiger partial charge on any atom is -0.497 e. The Hall–Kier alpha value is -3.29. The van der Waals surface area contributed by atoms with Crippen molar-refractivity contribution in [2.45, 2.75) is 38.1 Å².